The highest BCUT2D eigenvalue weighted by molar-refractivity contribution is 5.93. The molecule has 0 aromatic heterocycles. The molecule has 0 aliphatic carbocycles. The Morgan fingerprint density at radius 1 is 0.697 bits per heavy atom. The van der Waals surface area contributed by atoms with Gasteiger partial charge in [0.15, 0.2) is 0 Å². The van der Waals surface area contributed by atoms with Gasteiger partial charge in [-0.15, -0.1) is 0 Å². The fraction of sp³-hybridized carbons (Fsp3) is 0.536. The van der Waals surface area contributed by atoms with E-state index in [0.717, 1.165) is 42.3 Å². The van der Waals surface area contributed by atoms with E-state index in [1.807, 2.05) is 48.5 Å². The average Bonchev–Trinajstić information content (AvgIpc) is 2.83. The summed E-state index contributed by atoms with van der Waals surface area (Å²) in [6.07, 6.45) is 12.2. The molecule has 0 aliphatic heterocycles. The van der Waals surface area contributed by atoms with E-state index in [0.29, 0.717) is 6.61 Å². The highest BCUT2D eigenvalue weighted by atomic mass is 16.5. The molecule has 0 aliphatic rings. The first-order valence-electron chi connectivity index (χ1n) is 12.7. The summed E-state index contributed by atoms with van der Waals surface area (Å²) >= 11 is 0. The molecule has 2 rings (SSSR count). The normalized spacial score (nSPS) is 10.6. The zero-order chi connectivity index (χ0) is 23.6. The van der Waals surface area contributed by atoms with Crippen LogP contribution in [-0.4, -0.2) is 25.7 Å². The first kappa shape index (κ1) is 26.6. The van der Waals surface area contributed by atoms with Gasteiger partial charge < -0.3 is 20.1 Å². The molecule has 0 heterocycles. The van der Waals surface area contributed by atoms with E-state index in [1.54, 1.807) is 0 Å². The lowest BCUT2D eigenvalue weighted by Crippen LogP contribution is -2.21. The molecule has 0 radical (unpaired) electrons. The first-order valence-corrected chi connectivity index (χ1v) is 12.7. The number of nitrogens with one attached hydrogen (secondary N) is 2. The van der Waals surface area contributed by atoms with Crippen LogP contribution in [0.2, 0.25) is 0 Å². The molecule has 5 heteroatoms. The van der Waals surface area contributed by atoms with Crippen LogP contribution in [-0.2, 0) is 4.79 Å². The maximum Gasteiger partial charge on any atom is 0.243 e. The average molecular weight is 455 g/mol. The van der Waals surface area contributed by atoms with Gasteiger partial charge in [0, 0.05) is 17.4 Å². The maximum absolute atomic E-state index is 12.3. The van der Waals surface area contributed by atoms with Crippen LogP contribution >= 0.6 is 0 Å². The minimum atomic E-state index is -0.0980. The quantitative estimate of drug-likeness (QED) is 0.230. The number of benzene rings is 2. The zero-order valence-corrected chi connectivity index (χ0v) is 20.5. The second-order valence-electron chi connectivity index (χ2n) is 8.48. The monoisotopic (exact) mass is 454 g/mol. The number of ether oxygens (including phenoxy) is 2. The number of carbonyl (C=O) groups excluding carboxylic acids is 1. The Morgan fingerprint density at radius 3 is 1.94 bits per heavy atom. The third kappa shape index (κ3) is 12.2. The molecule has 0 saturated heterocycles. The van der Waals surface area contributed by atoms with Crippen LogP contribution in [0, 0.1) is 0 Å². The molecule has 5 nitrogen and oxygen atoms in total. The minimum Gasteiger partial charge on any atom is -0.494 e. The first-order chi connectivity index (χ1) is 16.2. The van der Waals surface area contributed by atoms with Crippen molar-refractivity contribution >= 4 is 17.3 Å². The van der Waals surface area contributed by atoms with E-state index in [2.05, 4.69) is 24.5 Å². The number of unbranched alkanes of at least 4 members (excludes halogenated alkanes) is 8. The highest BCUT2D eigenvalue weighted by Gasteiger charge is 2.04. The Hall–Kier alpha value is -2.69. The van der Waals surface area contributed by atoms with Crippen molar-refractivity contribution in [2.45, 2.75) is 78.1 Å². The molecule has 0 atom stereocenters. The third-order valence-corrected chi connectivity index (χ3v) is 5.46. The lowest BCUT2D eigenvalue weighted by atomic mass is 10.2. The third-order valence-electron chi connectivity index (χ3n) is 5.46. The van der Waals surface area contributed by atoms with Crippen molar-refractivity contribution < 1.29 is 14.3 Å². The Labute approximate surface area is 200 Å². The van der Waals surface area contributed by atoms with Gasteiger partial charge in [-0.2, -0.15) is 0 Å². The molecule has 0 fully saturated rings. The van der Waals surface area contributed by atoms with E-state index in [-0.39, 0.29) is 12.5 Å². The number of carbonyl (C=O) groups is 1. The van der Waals surface area contributed by atoms with Crippen molar-refractivity contribution in [2.75, 3.05) is 30.4 Å². The second-order valence-corrected chi connectivity index (χ2v) is 8.48. The van der Waals surface area contributed by atoms with Crippen molar-refractivity contribution in [2.24, 2.45) is 0 Å². The van der Waals surface area contributed by atoms with Crippen molar-refractivity contribution in [1.29, 1.82) is 0 Å². The van der Waals surface area contributed by atoms with Crippen LogP contribution in [0.1, 0.15) is 78.1 Å². The Bertz CT molecular complexity index is 777. The van der Waals surface area contributed by atoms with Crippen molar-refractivity contribution in [1.82, 2.24) is 0 Å². The largest absolute Gasteiger partial charge is 0.494 e. The van der Waals surface area contributed by atoms with Crippen LogP contribution in [0.4, 0.5) is 11.4 Å². The summed E-state index contributed by atoms with van der Waals surface area (Å²) in [4.78, 5) is 12.3. The topological polar surface area (TPSA) is 59.6 Å². The fourth-order valence-corrected chi connectivity index (χ4v) is 3.51. The van der Waals surface area contributed by atoms with Gasteiger partial charge in [0.1, 0.15) is 11.5 Å². The zero-order valence-electron chi connectivity index (χ0n) is 20.5. The second kappa shape index (κ2) is 16.9. The van der Waals surface area contributed by atoms with Gasteiger partial charge in [-0.25, -0.2) is 0 Å². The van der Waals surface area contributed by atoms with Crippen molar-refractivity contribution in [3.05, 3.63) is 48.5 Å². The standard InChI is InChI=1S/C28H42N2O3/c1-3-5-7-9-11-20-32-26-18-16-24(17-19-26)29-23-28(31)30-25-14-13-15-27(22-25)33-21-12-10-8-6-4-2/h13-19,22,29H,3-12,20-21,23H2,1-2H3,(H,30,31). The van der Waals surface area contributed by atoms with Crippen LogP contribution in [0.5, 0.6) is 11.5 Å². The number of amides is 1. The number of hydrogen-bond acceptors (Lipinski definition) is 4. The maximum atomic E-state index is 12.3. The summed E-state index contributed by atoms with van der Waals surface area (Å²) in [5.74, 6) is 1.55. The molecule has 0 spiro atoms. The van der Waals surface area contributed by atoms with Gasteiger partial charge >= 0.3 is 0 Å². The van der Waals surface area contributed by atoms with E-state index in [9.17, 15) is 4.79 Å². The number of hydrogen-bond donors (Lipinski definition) is 2. The summed E-state index contributed by atoms with van der Waals surface area (Å²) in [6.45, 7) is 6.09. The molecule has 0 bridgehead atoms. The predicted octanol–water partition coefficient (Wildman–Crippen LogP) is 7.44. The fourth-order valence-electron chi connectivity index (χ4n) is 3.51. The smallest absolute Gasteiger partial charge is 0.243 e. The van der Waals surface area contributed by atoms with Gasteiger partial charge in [0.05, 0.1) is 19.8 Å². The molecule has 0 unspecified atom stereocenters. The van der Waals surface area contributed by atoms with Crippen LogP contribution in [0.15, 0.2) is 48.5 Å². The molecule has 2 aromatic carbocycles. The Kier molecular flexibility index (Phi) is 13.6. The van der Waals surface area contributed by atoms with Gasteiger partial charge in [-0.1, -0.05) is 71.3 Å². The van der Waals surface area contributed by atoms with E-state index >= 15 is 0 Å². The molecule has 0 saturated carbocycles. The summed E-state index contributed by atoms with van der Waals surface area (Å²) in [5, 5.41) is 6.08. The molecule has 1 amide bonds. The van der Waals surface area contributed by atoms with Crippen LogP contribution in [0.25, 0.3) is 0 Å². The summed E-state index contributed by atoms with van der Waals surface area (Å²) in [6, 6.07) is 15.3. The Balaban J connectivity index is 1.65. The van der Waals surface area contributed by atoms with E-state index in [1.165, 1.54) is 51.4 Å². The summed E-state index contributed by atoms with van der Waals surface area (Å²) < 4.78 is 11.6. The SMILES string of the molecule is CCCCCCCOc1ccc(NCC(=O)Nc2cccc(OCCCCCCC)c2)cc1. The molecular weight excluding hydrogens is 412 g/mol. The number of anilines is 2. The summed E-state index contributed by atoms with van der Waals surface area (Å²) in [5.41, 5.74) is 1.63. The van der Waals surface area contributed by atoms with Gasteiger partial charge in [-0.3, -0.25) is 4.79 Å². The van der Waals surface area contributed by atoms with Crippen molar-refractivity contribution in [3.8, 4) is 11.5 Å². The van der Waals surface area contributed by atoms with Crippen LogP contribution in [0.3, 0.4) is 0 Å². The highest BCUT2D eigenvalue weighted by Crippen LogP contribution is 2.19. The van der Waals surface area contributed by atoms with Gasteiger partial charge in [-0.05, 0) is 49.2 Å². The number of rotatable bonds is 18. The predicted molar refractivity (Wildman–Crippen MR) is 139 cm³/mol. The lowest BCUT2D eigenvalue weighted by molar-refractivity contribution is -0.114. The minimum absolute atomic E-state index is 0.0980. The van der Waals surface area contributed by atoms with E-state index in [4.69, 9.17) is 9.47 Å². The van der Waals surface area contributed by atoms with E-state index < -0.39 is 0 Å². The van der Waals surface area contributed by atoms with Gasteiger partial charge in [0.25, 0.3) is 0 Å². The van der Waals surface area contributed by atoms with Gasteiger partial charge in [0.2, 0.25) is 5.91 Å². The molecule has 2 aromatic rings. The molecule has 182 valence electrons. The summed E-state index contributed by atoms with van der Waals surface area (Å²) in [7, 11) is 0. The molecule has 2 N–H and O–H groups in total. The van der Waals surface area contributed by atoms with Crippen molar-refractivity contribution in [3.63, 3.8) is 0 Å². The Morgan fingerprint density at radius 2 is 1.30 bits per heavy atom. The molecule has 33 heavy (non-hydrogen) atoms. The molecular formula is C28H42N2O3. The lowest BCUT2D eigenvalue weighted by Gasteiger charge is -2.11. The van der Waals surface area contributed by atoms with Crippen LogP contribution < -0.4 is 20.1 Å².